The maximum atomic E-state index is 14.0. The van der Waals surface area contributed by atoms with Crippen molar-refractivity contribution in [2.24, 2.45) is 23.3 Å². The molecule has 436 valence electrons. The van der Waals surface area contributed by atoms with Gasteiger partial charge in [-0.05, 0) is 82.7 Å². The van der Waals surface area contributed by atoms with E-state index in [1.165, 1.54) is 18.7 Å². The summed E-state index contributed by atoms with van der Waals surface area (Å²) in [6.07, 6.45) is -2.14. The van der Waals surface area contributed by atoms with Crippen molar-refractivity contribution in [3.8, 4) is 0 Å². The largest absolute Gasteiger partial charge is 0.481 e. The quantitative estimate of drug-likeness (QED) is 0.0289. The zero-order valence-electron chi connectivity index (χ0n) is 45.0. The summed E-state index contributed by atoms with van der Waals surface area (Å²) in [6.45, 7) is 7.85. The van der Waals surface area contributed by atoms with Crippen molar-refractivity contribution < 1.29 is 78.0 Å². The minimum atomic E-state index is -1.70. The molecule has 1 aromatic carbocycles. The molecule has 0 spiro atoms. The molecule has 78 heavy (non-hydrogen) atoms. The van der Waals surface area contributed by atoms with Crippen LogP contribution in [-0.2, 0) is 64.0 Å². The average molecular weight is 1110 g/mol. The summed E-state index contributed by atoms with van der Waals surface area (Å²) in [5.74, 6) is -11.6. The number of nitrogens with one attached hydrogen (secondary N) is 9. The van der Waals surface area contributed by atoms with Crippen LogP contribution in [0.4, 0.5) is 0 Å². The third kappa shape index (κ3) is 23.9. The van der Waals surface area contributed by atoms with Gasteiger partial charge in [-0.1, -0.05) is 58.0 Å². The van der Waals surface area contributed by atoms with Crippen molar-refractivity contribution >= 4 is 71.0 Å². The highest BCUT2D eigenvalue weighted by Gasteiger charge is 2.41. The Morgan fingerprint density at radius 3 is 1.67 bits per heavy atom. The molecule has 1 aliphatic rings. The number of hydrogen-bond donors (Lipinski definition) is 15. The average Bonchev–Trinajstić information content (AvgIpc) is 3.86. The molecule has 10 amide bonds. The van der Waals surface area contributed by atoms with Crippen LogP contribution in [-0.4, -0.2) is 190 Å². The molecule has 1 aromatic rings. The first-order valence-electron chi connectivity index (χ1n) is 25.9. The molecule has 0 unspecified atom stereocenters. The maximum absolute atomic E-state index is 14.0. The van der Waals surface area contributed by atoms with Crippen LogP contribution in [0.3, 0.4) is 0 Å². The number of carbonyl (C=O) groups excluding carboxylic acids is 10. The molecule has 28 heteroatoms. The van der Waals surface area contributed by atoms with Gasteiger partial charge in [-0.15, -0.1) is 0 Å². The van der Waals surface area contributed by atoms with E-state index in [0.29, 0.717) is 31.4 Å². The van der Waals surface area contributed by atoms with E-state index in [1.807, 2.05) is 0 Å². The van der Waals surface area contributed by atoms with Crippen LogP contribution in [0.2, 0.25) is 0 Å². The summed E-state index contributed by atoms with van der Waals surface area (Å²) in [7, 11) is 0. The highest BCUT2D eigenvalue weighted by molar-refractivity contribution is 5.98. The second-order valence-electron chi connectivity index (χ2n) is 20.0. The Bertz CT molecular complexity index is 2230. The van der Waals surface area contributed by atoms with Crippen LogP contribution < -0.4 is 59.3 Å². The van der Waals surface area contributed by atoms with Gasteiger partial charge in [0.15, 0.2) is 0 Å². The zero-order chi connectivity index (χ0) is 58.8. The minimum absolute atomic E-state index is 0.0388. The molecule has 2 rings (SSSR count). The van der Waals surface area contributed by atoms with Gasteiger partial charge in [0.25, 0.3) is 0 Å². The molecule has 0 aromatic heterocycles. The summed E-state index contributed by atoms with van der Waals surface area (Å²) in [5, 5.41) is 61.0. The Balaban J connectivity index is 2.12. The summed E-state index contributed by atoms with van der Waals surface area (Å²) in [4.78, 5) is 157. The number of aliphatic hydroxyl groups is 2. The van der Waals surface area contributed by atoms with Crippen molar-refractivity contribution in [2.75, 3.05) is 32.7 Å². The molecule has 0 bridgehead atoms. The molecule has 0 radical (unpaired) electrons. The lowest BCUT2D eigenvalue weighted by Crippen LogP contribution is -2.61. The molecule has 0 aliphatic carbocycles. The Hall–Kier alpha value is -7.30. The third-order valence-corrected chi connectivity index (χ3v) is 12.2. The molecule has 1 saturated heterocycles. The number of rotatable bonds is 34. The van der Waals surface area contributed by atoms with Crippen LogP contribution >= 0.6 is 0 Å². The maximum Gasteiger partial charge on any atom is 0.326 e. The number of nitrogens with two attached hydrogens (primary N) is 2. The van der Waals surface area contributed by atoms with Crippen LogP contribution in [0.5, 0.6) is 0 Å². The standard InChI is InChI=1S/C50H80N12O16/c1-26(2)19-33(57-46(73)36-16-12-18-62(36)49(76)35(20-27(3)4)59-43(70)31(52)22-40(68)69)45(72)61-42(29(6)64)48(75)58-34(21-30-13-8-7-9-14-30)44(71)55-24-38(66)53-23-37(65)54-25-39(67)60-41(28(5)63)47(74)56-32(50(77)78)15-10-11-17-51/h7-9,13-14,26-29,31-36,41-42,63-64H,10-12,15-25,51-52H2,1-6H3,(H,53,66)(H,54,65)(H,55,71)(H,56,74)(H,57,73)(H,58,75)(H,59,70)(H,60,67)(H,61,72)(H,68,69)(H,77,78)/t28-,29-,31+,32+,33+,34+,35+,36+,41+,42+/m1/s1. The van der Waals surface area contributed by atoms with E-state index in [-0.39, 0.29) is 50.5 Å². The molecular weight excluding hydrogens is 1020 g/mol. The number of aliphatic hydroxyl groups excluding tert-OH is 2. The molecule has 1 fully saturated rings. The zero-order valence-corrected chi connectivity index (χ0v) is 45.0. The van der Waals surface area contributed by atoms with E-state index in [9.17, 15) is 72.9 Å². The third-order valence-electron chi connectivity index (χ3n) is 12.2. The number of aliphatic carboxylic acids is 2. The minimum Gasteiger partial charge on any atom is -0.481 e. The number of nitrogens with zero attached hydrogens (tertiary/aromatic N) is 1. The first-order valence-corrected chi connectivity index (χ1v) is 25.9. The molecule has 0 saturated carbocycles. The van der Waals surface area contributed by atoms with Gasteiger partial charge < -0.3 is 84.6 Å². The van der Waals surface area contributed by atoms with Crippen molar-refractivity contribution in [3.05, 3.63) is 35.9 Å². The Morgan fingerprint density at radius 2 is 1.13 bits per heavy atom. The molecule has 1 heterocycles. The first kappa shape index (κ1) is 66.8. The molecular formula is C50H80N12O16. The lowest BCUT2D eigenvalue weighted by molar-refractivity contribution is -0.143. The monoisotopic (exact) mass is 1100 g/mol. The highest BCUT2D eigenvalue weighted by atomic mass is 16.4. The summed E-state index contributed by atoms with van der Waals surface area (Å²) in [6, 6.07) is -2.62. The number of carboxylic acids is 2. The fourth-order valence-corrected chi connectivity index (χ4v) is 8.12. The smallest absolute Gasteiger partial charge is 0.326 e. The number of carboxylic acid groups (broad SMARTS) is 2. The topological polar surface area (TPSA) is 449 Å². The van der Waals surface area contributed by atoms with Gasteiger partial charge in [0.1, 0.15) is 42.3 Å². The number of likely N-dealkylation sites (tertiary alicyclic amines) is 1. The van der Waals surface area contributed by atoms with Gasteiger partial charge in [-0.3, -0.25) is 52.7 Å². The van der Waals surface area contributed by atoms with Gasteiger partial charge in [0.2, 0.25) is 59.1 Å². The van der Waals surface area contributed by atoms with Crippen LogP contribution in [0.25, 0.3) is 0 Å². The van der Waals surface area contributed by atoms with Crippen molar-refractivity contribution in [2.45, 2.75) is 160 Å². The van der Waals surface area contributed by atoms with Gasteiger partial charge in [0, 0.05) is 13.0 Å². The number of unbranched alkanes of at least 4 members (excludes halogenated alkanes) is 1. The van der Waals surface area contributed by atoms with E-state index in [0.717, 1.165) is 0 Å². The predicted octanol–water partition coefficient (Wildman–Crippen LogP) is -4.65. The number of benzene rings is 1. The lowest BCUT2D eigenvalue weighted by atomic mass is 10.00. The van der Waals surface area contributed by atoms with E-state index in [1.54, 1.807) is 58.0 Å². The van der Waals surface area contributed by atoms with E-state index in [4.69, 9.17) is 16.6 Å². The second-order valence-corrected chi connectivity index (χ2v) is 20.0. The molecule has 17 N–H and O–H groups in total. The normalized spacial score (nSPS) is 16.6. The van der Waals surface area contributed by atoms with E-state index < -0.39 is 158 Å². The summed E-state index contributed by atoms with van der Waals surface area (Å²) < 4.78 is 0. The summed E-state index contributed by atoms with van der Waals surface area (Å²) in [5.41, 5.74) is 11.7. The number of carbonyl (C=O) groups is 12. The van der Waals surface area contributed by atoms with Crippen LogP contribution in [0.15, 0.2) is 30.3 Å². The fraction of sp³-hybridized carbons (Fsp3) is 0.640. The van der Waals surface area contributed by atoms with Gasteiger partial charge in [-0.2, -0.15) is 0 Å². The molecule has 1 aliphatic heterocycles. The number of hydrogen-bond acceptors (Lipinski definition) is 16. The lowest BCUT2D eigenvalue weighted by Gasteiger charge is -2.31. The van der Waals surface area contributed by atoms with Crippen molar-refractivity contribution in [3.63, 3.8) is 0 Å². The van der Waals surface area contributed by atoms with Crippen LogP contribution in [0.1, 0.15) is 98.5 Å². The Morgan fingerprint density at radius 1 is 0.603 bits per heavy atom. The fourth-order valence-electron chi connectivity index (χ4n) is 8.12. The second kappa shape index (κ2) is 33.8. The Kier molecular flexibility index (Phi) is 28.9. The van der Waals surface area contributed by atoms with Crippen molar-refractivity contribution in [1.29, 1.82) is 0 Å². The SMILES string of the molecule is CC(C)C[C@H](NC(=O)[C@@H]1CCCN1C(=O)[C@H](CC(C)C)NC(=O)[C@@H](N)CC(=O)O)C(=O)N[C@H](C(=O)N[C@@H](Cc1ccccc1)C(=O)NCC(=O)NCC(=O)NCC(=O)N[C@H](C(=O)N[C@@H](CCCCN)C(=O)O)[C@@H](C)O)[C@@H](C)O. The highest BCUT2D eigenvalue weighted by Crippen LogP contribution is 2.22. The van der Waals surface area contributed by atoms with Crippen LogP contribution in [0, 0.1) is 11.8 Å². The molecule has 10 atom stereocenters. The first-order chi connectivity index (χ1) is 36.6. The van der Waals surface area contributed by atoms with Gasteiger partial charge in [-0.25, -0.2) is 4.79 Å². The van der Waals surface area contributed by atoms with Gasteiger partial charge >= 0.3 is 11.9 Å². The summed E-state index contributed by atoms with van der Waals surface area (Å²) >= 11 is 0. The number of amides is 10. The van der Waals surface area contributed by atoms with Crippen molar-refractivity contribution in [1.82, 2.24) is 52.8 Å². The van der Waals surface area contributed by atoms with E-state index >= 15 is 0 Å². The van der Waals surface area contributed by atoms with E-state index in [2.05, 4.69) is 47.9 Å². The Labute approximate surface area is 452 Å². The molecule has 28 nitrogen and oxygen atoms in total. The van der Waals surface area contributed by atoms with Gasteiger partial charge in [0.05, 0.1) is 44.3 Å². The predicted molar refractivity (Wildman–Crippen MR) is 279 cm³/mol.